The van der Waals surface area contributed by atoms with Gasteiger partial charge in [-0.15, -0.1) is 11.3 Å². The minimum Gasteiger partial charge on any atom is -0.364 e. The molecular weight excluding hydrogens is 454 g/mol. The topological polar surface area (TPSA) is 79.4 Å². The van der Waals surface area contributed by atoms with E-state index in [1.807, 2.05) is 0 Å². The number of aromatic amines is 1. The molecule has 4 heterocycles. The van der Waals surface area contributed by atoms with Gasteiger partial charge in [-0.25, -0.2) is 24.3 Å². The van der Waals surface area contributed by atoms with Gasteiger partial charge in [0.1, 0.15) is 11.2 Å². The number of thiophene rings is 1. The SMILES string of the molecule is Fc1cnc2[nH]cc(-c3nc(N[C@@H]4CC5CCC4CC5)c(F)c(-c4ccc(Cl)s4)n3)c2n1. The third kappa shape index (κ3) is 3.44. The molecule has 1 atom stereocenters. The molecule has 7 rings (SSSR count). The maximum absolute atomic E-state index is 15.6. The van der Waals surface area contributed by atoms with Crippen LogP contribution in [-0.2, 0) is 0 Å². The number of hydrogen-bond acceptors (Lipinski definition) is 6. The Morgan fingerprint density at radius 3 is 2.66 bits per heavy atom. The molecule has 0 amide bonds. The summed E-state index contributed by atoms with van der Waals surface area (Å²) in [6.07, 6.45) is 8.50. The summed E-state index contributed by atoms with van der Waals surface area (Å²) in [7, 11) is 0. The molecule has 0 unspecified atom stereocenters. The quantitative estimate of drug-likeness (QED) is 0.377. The van der Waals surface area contributed by atoms with Crippen molar-refractivity contribution >= 4 is 39.9 Å². The van der Waals surface area contributed by atoms with Crippen LogP contribution in [0.3, 0.4) is 0 Å². The van der Waals surface area contributed by atoms with E-state index >= 15 is 4.39 Å². The lowest BCUT2D eigenvalue weighted by atomic mass is 9.68. The number of nitrogens with zero attached hydrogens (tertiary/aromatic N) is 4. The highest BCUT2D eigenvalue weighted by molar-refractivity contribution is 7.19. The Balaban J connectivity index is 1.48. The molecular formula is C22H19ClF2N6S. The molecule has 0 spiro atoms. The second-order valence-electron chi connectivity index (χ2n) is 8.52. The molecule has 0 aromatic carbocycles. The summed E-state index contributed by atoms with van der Waals surface area (Å²) in [6.45, 7) is 0. The molecule has 2 bridgehead atoms. The Morgan fingerprint density at radius 1 is 1.09 bits per heavy atom. The van der Waals surface area contributed by atoms with Crippen molar-refractivity contribution in [2.75, 3.05) is 5.32 Å². The van der Waals surface area contributed by atoms with E-state index in [9.17, 15) is 4.39 Å². The summed E-state index contributed by atoms with van der Waals surface area (Å²) in [4.78, 5) is 20.5. The number of anilines is 1. The fourth-order valence-corrected chi connectivity index (χ4v) is 6.07. The van der Waals surface area contributed by atoms with Crippen molar-refractivity contribution in [1.29, 1.82) is 0 Å². The van der Waals surface area contributed by atoms with Crippen LogP contribution in [0.25, 0.3) is 33.1 Å². The lowest BCUT2D eigenvalue weighted by molar-refractivity contribution is 0.157. The molecule has 32 heavy (non-hydrogen) atoms. The summed E-state index contributed by atoms with van der Waals surface area (Å²) in [5.41, 5.74) is 1.33. The van der Waals surface area contributed by atoms with Crippen molar-refractivity contribution in [1.82, 2.24) is 24.9 Å². The van der Waals surface area contributed by atoms with Gasteiger partial charge in [0.05, 0.1) is 21.0 Å². The summed E-state index contributed by atoms with van der Waals surface area (Å²) in [6, 6.07) is 3.63. The number of hydrogen-bond donors (Lipinski definition) is 2. The van der Waals surface area contributed by atoms with Gasteiger partial charge in [-0.3, -0.25) is 0 Å². The first-order valence-corrected chi connectivity index (χ1v) is 11.8. The minimum atomic E-state index is -0.706. The molecule has 164 valence electrons. The average molecular weight is 473 g/mol. The molecule has 4 aromatic heterocycles. The van der Waals surface area contributed by atoms with Crippen LogP contribution < -0.4 is 5.32 Å². The van der Waals surface area contributed by atoms with E-state index in [4.69, 9.17) is 11.6 Å². The van der Waals surface area contributed by atoms with Gasteiger partial charge in [-0.1, -0.05) is 24.4 Å². The Morgan fingerprint density at radius 2 is 1.94 bits per heavy atom. The van der Waals surface area contributed by atoms with Gasteiger partial charge < -0.3 is 10.3 Å². The Labute approximate surface area is 191 Å². The predicted molar refractivity (Wildman–Crippen MR) is 121 cm³/mol. The zero-order valence-corrected chi connectivity index (χ0v) is 18.5. The zero-order valence-electron chi connectivity index (χ0n) is 16.9. The van der Waals surface area contributed by atoms with Crippen molar-refractivity contribution in [3.05, 3.63) is 40.6 Å². The van der Waals surface area contributed by atoms with Gasteiger partial charge in [0.2, 0.25) is 5.95 Å². The van der Waals surface area contributed by atoms with Gasteiger partial charge in [-0.05, 0) is 43.2 Å². The zero-order chi connectivity index (χ0) is 21.8. The van der Waals surface area contributed by atoms with Crippen molar-refractivity contribution < 1.29 is 8.78 Å². The van der Waals surface area contributed by atoms with E-state index in [1.165, 1.54) is 24.2 Å². The molecule has 4 aromatic rings. The monoisotopic (exact) mass is 472 g/mol. The summed E-state index contributed by atoms with van der Waals surface area (Å²) >= 11 is 7.35. The van der Waals surface area contributed by atoms with E-state index in [0.717, 1.165) is 25.5 Å². The van der Waals surface area contributed by atoms with Crippen LogP contribution in [0.15, 0.2) is 24.5 Å². The number of fused-ring (bicyclic) bond motifs is 4. The fraction of sp³-hybridized carbons (Fsp3) is 0.364. The van der Waals surface area contributed by atoms with E-state index < -0.39 is 11.8 Å². The molecule has 3 saturated carbocycles. The molecule has 2 N–H and O–H groups in total. The van der Waals surface area contributed by atoms with Crippen molar-refractivity contribution in [3.8, 4) is 22.0 Å². The van der Waals surface area contributed by atoms with E-state index in [-0.39, 0.29) is 23.4 Å². The van der Waals surface area contributed by atoms with Gasteiger partial charge in [0.25, 0.3) is 0 Å². The Bertz CT molecular complexity index is 1310. The minimum absolute atomic E-state index is 0.158. The van der Waals surface area contributed by atoms with Crippen molar-refractivity contribution in [2.24, 2.45) is 11.8 Å². The molecule has 3 fully saturated rings. The van der Waals surface area contributed by atoms with Crippen molar-refractivity contribution in [3.63, 3.8) is 0 Å². The highest BCUT2D eigenvalue weighted by atomic mass is 35.5. The number of nitrogens with one attached hydrogen (secondary N) is 2. The first-order chi connectivity index (χ1) is 15.5. The summed E-state index contributed by atoms with van der Waals surface area (Å²) < 4.78 is 30.0. The highest BCUT2D eigenvalue weighted by Crippen LogP contribution is 2.43. The summed E-state index contributed by atoms with van der Waals surface area (Å²) in [5.74, 6) is 0.397. The van der Waals surface area contributed by atoms with Crippen LogP contribution in [0.1, 0.15) is 32.1 Å². The maximum atomic E-state index is 15.6. The van der Waals surface area contributed by atoms with Crippen LogP contribution in [-0.4, -0.2) is 31.0 Å². The first kappa shape index (κ1) is 20.0. The van der Waals surface area contributed by atoms with Gasteiger partial charge in [-0.2, -0.15) is 4.39 Å². The maximum Gasteiger partial charge on any atom is 0.232 e. The Kier molecular flexibility index (Phi) is 4.83. The molecule has 0 aliphatic heterocycles. The van der Waals surface area contributed by atoms with Crippen LogP contribution in [0.4, 0.5) is 14.6 Å². The molecule has 3 aliphatic rings. The molecule has 6 nitrogen and oxygen atoms in total. The smallest absolute Gasteiger partial charge is 0.232 e. The third-order valence-corrected chi connectivity index (χ3v) is 7.86. The van der Waals surface area contributed by atoms with Gasteiger partial charge >= 0.3 is 0 Å². The van der Waals surface area contributed by atoms with E-state index in [0.29, 0.717) is 37.8 Å². The molecule has 10 heteroatoms. The third-order valence-electron chi connectivity index (χ3n) is 6.62. The molecule has 0 radical (unpaired) electrons. The van der Waals surface area contributed by atoms with Crippen LogP contribution in [0.5, 0.6) is 0 Å². The number of rotatable bonds is 4. The average Bonchev–Trinajstić information content (AvgIpc) is 3.42. The Hall–Kier alpha value is -2.65. The van der Waals surface area contributed by atoms with Gasteiger partial charge in [0, 0.05) is 12.2 Å². The second-order valence-corrected chi connectivity index (χ2v) is 10.2. The first-order valence-electron chi connectivity index (χ1n) is 10.6. The lowest BCUT2D eigenvalue weighted by Crippen LogP contribution is -2.40. The van der Waals surface area contributed by atoms with Gasteiger partial charge in [0.15, 0.2) is 23.1 Å². The number of aromatic nitrogens is 5. The van der Waals surface area contributed by atoms with Crippen LogP contribution >= 0.6 is 22.9 Å². The van der Waals surface area contributed by atoms with Crippen LogP contribution in [0.2, 0.25) is 4.34 Å². The van der Waals surface area contributed by atoms with Crippen LogP contribution in [0, 0.1) is 23.6 Å². The summed E-state index contributed by atoms with van der Waals surface area (Å²) in [5, 5.41) is 3.38. The van der Waals surface area contributed by atoms with Crippen molar-refractivity contribution in [2.45, 2.75) is 38.1 Å². The molecule has 3 aliphatic carbocycles. The molecule has 0 saturated heterocycles. The highest BCUT2D eigenvalue weighted by Gasteiger charge is 2.36. The number of H-pyrrole nitrogens is 1. The fourth-order valence-electron chi connectivity index (χ4n) is 5.04. The van der Waals surface area contributed by atoms with E-state index in [1.54, 1.807) is 18.3 Å². The second kappa shape index (κ2) is 7.74. The number of halogens is 3. The normalized spacial score (nSPS) is 22.5. The lowest BCUT2D eigenvalue weighted by Gasteiger charge is -2.42. The largest absolute Gasteiger partial charge is 0.364 e. The van der Waals surface area contributed by atoms with E-state index in [2.05, 4.69) is 30.2 Å². The predicted octanol–water partition coefficient (Wildman–Crippen LogP) is 6.07. The standard InChI is InChI=1S/C22H19ClF2N6S/c23-15-6-5-14(32-15)19-17(25)21(28-13-7-10-1-3-11(13)4-2-10)31-20(30-19)12-8-26-22-18(12)29-16(24)9-27-22/h5-6,8-11,13H,1-4,7H2,(H,26,27)(H,28,30,31)/t10?,11?,13-/m1/s1.